The quantitative estimate of drug-likeness (QED) is 0.806. The van der Waals surface area contributed by atoms with E-state index in [0.29, 0.717) is 12.0 Å². The molecule has 4 atom stereocenters. The van der Waals surface area contributed by atoms with Gasteiger partial charge in [-0.2, -0.15) is 0 Å². The highest BCUT2D eigenvalue weighted by atomic mass is 16.3. The van der Waals surface area contributed by atoms with Gasteiger partial charge in [0.15, 0.2) is 0 Å². The average Bonchev–Trinajstić information content (AvgIpc) is 2.39. The molecule has 0 radical (unpaired) electrons. The summed E-state index contributed by atoms with van der Waals surface area (Å²) in [5.41, 5.74) is 5.97. The van der Waals surface area contributed by atoms with E-state index in [9.17, 15) is 5.11 Å². The molecule has 106 valence electrons. The first-order valence-electron chi connectivity index (χ1n) is 7.86. The molecular formula is C15H30N2O. The van der Waals surface area contributed by atoms with E-state index in [-0.39, 0.29) is 6.10 Å². The molecule has 1 saturated carbocycles. The van der Waals surface area contributed by atoms with E-state index < -0.39 is 0 Å². The summed E-state index contributed by atoms with van der Waals surface area (Å²) in [7, 11) is 0. The van der Waals surface area contributed by atoms with Gasteiger partial charge in [0.2, 0.25) is 0 Å². The second-order valence-electron chi connectivity index (χ2n) is 6.32. The summed E-state index contributed by atoms with van der Waals surface area (Å²) in [5, 5.41) is 9.87. The lowest BCUT2D eigenvalue weighted by Crippen LogP contribution is -2.51. The maximum Gasteiger partial charge on any atom is 0.0667 e. The Morgan fingerprint density at radius 2 is 2.11 bits per heavy atom. The second-order valence-corrected chi connectivity index (χ2v) is 6.32. The number of aliphatic hydroxyl groups is 1. The van der Waals surface area contributed by atoms with Crippen molar-refractivity contribution in [3.63, 3.8) is 0 Å². The highest BCUT2D eigenvalue weighted by molar-refractivity contribution is 4.89. The minimum Gasteiger partial charge on any atom is -0.392 e. The standard InChI is InChI=1S/C15H30N2O/c1-2-4-12-6-7-13(10-16)15(9-12)17-8-3-5-14(18)11-17/h12-15,18H,2-11,16H2,1H3. The molecule has 3 heteroatoms. The van der Waals surface area contributed by atoms with Crippen molar-refractivity contribution in [1.82, 2.24) is 4.90 Å². The smallest absolute Gasteiger partial charge is 0.0667 e. The second kappa shape index (κ2) is 6.88. The molecule has 0 bridgehead atoms. The Morgan fingerprint density at radius 1 is 1.28 bits per heavy atom. The summed E-state index contributed by atoms with van der Waals surface area (Å²) in [6.07, 6.45) is 8.65. The third-order valence-electron chi connectivity index (χ3n) is 4.96. The number of nitrogens with zero attached hydrogens (tertiary/aromatic N) is 1. The molecule has 0 aromatic rings. The predicted octanol–water partition coefficient (Wildman–Crippen LogP) is 1.99. The third-order valence-corrected chi connectivity index (χ3v) is 4.96. The molecule has 0 aromatic carbocycles. The Kier molecular flexibility index (Phi) is 5.46. The van der Waals surface area contributed by atoms with Crippen LogP contribution in [-0.4, -0.2) is 41.8 Å². The minimum absolute atomic E-state index is 0.108. The van der Waals surface area contributed by atoms with Gasteiger partial charge in [-0.15, -0.1) is 0 Å². The van der Waals surface area contributed by atoms with E-state index in [1.807, 2.05) is 0 Å². The van der Waals surface area contributed by atoms with Crippen LogP contribution in [0, 0.1) is 11.8 Å². The Balaban J connectivity index is 1.96. The lowest BCUT2D eigenvalue weighted by Gasteiger charge is -2.45. The number of aliphatic hydroxyl groups excluding tert-OH is 1. The molecule has 1 aliphatic heterocycles. The SMILES string of the molecule is CCCC1CCC(CN)C(N2CCCC(O)C2)C1. The van der Waals surface area contributed by atoms with Gasteiger partial charge in [-0.1, -0.05) is 26.2 Å². The van der Waals surface area contributed by atoms with Crippen LogP contribution in [0.15, 0.2) is 0 Å². The molecule has 0 aromatic heterocycles. The molecule has 2 rings (SSSR count). The minimum atomic E-state index is -0.108. The zero-order valence-electron chi connectivity index (χ0n) is 11.9. The number of β-amino-alcohol motifs (C(OH)–C–C–N with tert-alkyl or cyclic N) is 1. The van der Waals surface area contributed by atoms with Crippen molar-refractivity contribution in [3.05, 3.63) is 0 Å². The van der Waals surface area contributed by atoms with E-state index >= 15 is 0 Å². The molecule has 4 unspecified atom stereocenters. The van der Waals surface area contributed by atoms with Crippen molar-refractivity contribution in [2.45, 2.75) is 64.0 Å². The van der Waals surface area contributed by atoms with Crippen LogP contribution in [0.5, 0.6) is 0 Å². The van der Waals surface area contributed by atoms with Crippen LogP contribution < -0.4 is 5.73 Å². The molecule has 2 fully saturated rings. The third kappa shape index (κ3) is 3.46. The van der Waals surface area contributed by atoms with E-state index in [4.69, 9.17) is 5.73 Å². The van der Waals surface area contributed by atoms with Gasteiger partial charge >= 0.3 is 0 Å². The lowest BCUT2D eigenvalue weighted by molar-refractivity contribution is 0.00737. The van der Waals surface area contributed by atoms with Gasteiger partial charge < -0.3 is 10.8 Å². The number of hydrogen-bond acceptors (Lipinski definition) is 3. The lowest BCUT2D eigenvalue weighted by atomic mass is 9.75. The molecule has 0 amide bonds. The number of piperidine rings is 1. The van der Waals surface area contributed by atoms with Crippen molar-refractivity contribution in [3.8, 4) is 0 Å². The van der Waals surface area contributed by atoms with E-state index in [2.05, 4.69) is 11.8 Å². The summed E-state index contributed by atoms with van der Waals surface area (Å²) in [6.45, 7) is 5.14. The van der Waals surface area contributed by atoms with E-state index in [0.717, 1.165) is 38.4 Å². The number of rotatable bonds is 4. The summed E-state index contributed by atoms with van der Waals surface area (Å²) in [5.74, 6) is 1.55. The van der Waals surface area contributed by atoms with Crippen molar-refractivity contribution >= 4 is 0 Å². The zero-order valence-corrected chi connectivity index (χ0v) is 11.9. The fourth-order valence-electron chi connectivity index (χ4n) is 3.97. The van der Waals surface area contributed by atoms with E-state index in [1.165, 1.54) is 32.1 Å². The van der Waals surface area contributed by atoms with Gasteiger partial charge in [-0.25, -0.2) is 0 Å². The van der Waals surface area contributed by atoms with Crippen LogP contribution >= 0.6 is 0 Å². The van der Waals surface area contributed by atoms with Gasteiger partial charge in [0, 0.05) is 12.6 Å². The van der Waals surface area contributed by atoms with Crippen molar-refractivity contribution in [2.75, 3.05) is 19.6 Å². The highest BCUT2D eigenvalue weighted by Gasteiger charge is 2.35. The maximum absolute atomic E-state index is 9.87. The summed E-state index contributed by atoms with van der Waals surface area (Å²) in [4.78, 5) is 2.54. The Bertz CT molecular complexity index is 247. The Labute approximate surface area is 112 Å². The van der Waals surface area contributed by atoms with E-state index in [1.54, 1.807) is 0 Å². The molecule has 3 N–H and O–H groups in total. The van der Waals surface area contributed by atoms with Gasteiger partial charge in [-0.05, 0) is 50.6 Å². The Hall–Kier alpha value is -0.120. The number of likely N-dealkylation sites (tertiary alicyclic amines) is 1. The van der Waals surface area contributed by atoms with Crippen molar-refractivity contribution in [2.24, 2.45) is 17.6 Å². The van der Waals surface area contributed by atoms with Gasteiger partial charge in [-0.3, -0.25) is 4.90 Å². The van der Waals surface area contributed by atoms with Crippen LogP contribution in [0.1, 0.15) is 51.9 Å². The first kappa shape index (κ1) is 14.3. The topological polar surface area (TPSA) is 49.5 Å². The number of nitrogens with two attached hydrogens (primary N) is 1. The van der Waals surface area contributed by atoms with Gasteiger partial charge in [0.1, 0.15) is 0 Å². The average molecular weight is 254 g/mol. The van der Waals surface area contributed by atoms with Crippen LogP contribution in [0.2, 0.25) is 0 Å². The van der Waals surface area contributed by atoms with Gasteiger partial charge in [0.05, 0.1) is 6.10 Å². The van der Waals surface area contributed by atoms with Crippen molar-refractivity contribution in [1.29, 1.82) is 0 Å². The largest absolute Gasteiger partial charge is 0.392 e. The molecule has 0 spiro atoms. The summed E-state index contributed by atoms with van der Waals surface area (Å²) >= 11 is 0. The molecule has 1 heterocycles. The monoisotopic (exact) mass is 254 g/mol. The first-order valence-corrected chi connectivity index (χ1v) is 7.86. The molecule has 1 aliphatic carbocycles. The van der Waals surface area contributed by atoms with Crippen LogP contribution in [0.3, 0.4) is 0 Å². The van der Waals surface area contributed by atoms with Crippen LogP contribution in [-0.2, 0) is 0 Å². The fourth-order valence-corrected chi connectivity index (χ4v) is 3.97. The molecule has 1 saturated heterocycles. The summed E-state index contributed by atoms with van der Waals surface area (Å²) < 4.78 is 0. The Morgan fingerprint density at radius 3 is 2.78 bits per heavy atom. The number of hydrogen-bond donors (Lipinski definition) is 2. The first-order chi connectivity index (χ1) is 8.74. The fraction of sp³-hybridized carbons (Fsp3) is 1.00. The normalized spacial score (nSPS) is 38.8. The van der Waals surface area contributed by atoms with Gasteiger partial charge in [0.25, 0.3) is 0 Å². The molecule has 3 nitrogen and oxygen atoms in total. The van der Waals surface area contributed by atoms with Crippen LogP contribution in [0.25, 0.3) is 0 Å². The summed E-state index contributed by atoms with van der Waals surface area (Å²) in [6, 6.07) is 0.634. The molecule has 18 heavy (non-hydrogen) atoms. The molecular weight excluding hydrogens is 224 g/mol. The predicted molar refractivity (Wildman–Crippen MR) is 75.4 cm³/mol. The highest BCUT2D eigenvalue weighted by Crippen LogP contribution is 2.35. The van der Waals surface area contributed by atoms with Crippen molar-refractivity contribution < 1.29 is 5.11 Å². The maximum atomic E-state index is 9.87. The zero-order chi connectivity index (χ0) is 13.0. The molecule has 2 aliphatic rings. The van der Waals surface area contributed by atoms with Crippen LogP contribution in [0.4, 0.5) is 0 Å².